The number of anilines is 3. The Morgan fingerprint density at radius 2 is 2.03 bits per heavy atom. The average Bonchev–Trinajstić information content (AvgIpc) is 3.57. The summed E-state index contributed by atoms with van der Waals surface area (Å²) in [6.07, 6.45) is 9.59. The normalized spacial score (nSPS) is 14.9. The first-order valence-corrected chi connectivity index (χ1v) is 12.7. The summed E-state index contributed by atoms with van der Waals surface area (Å²) in [7, 11) is 0. The van der Waals surface area contributed by atoms with Crippen LogP contribution in [0.15, 0.2) is 53.8 Å². The molecule has 10 heteroatoms. The molecule has 3 N–H and O–H groups in total. The van der Waals surface area contributed by atoms with Crippen molar-refractivity contribution >= 4 is 45.8 Å². The van der Waals surface area contributed by atoms with E-state index in [2.05, 4.69) is 54.0 Å². The monoisotopic (exact) mass is 479 g/mol. The predicted molar refractivity (Wildman–Crippen MR) is 134 cm³/mol. The van der Waals surface area contributed by atoms with Crippen LogP contribution in [-0.4, -0.2) is 51.3 Å². The molecule has 0 saturated carbocycles. The molecule has 0 radical (unpaired) electrons. The minimum atomic E-state index is -0.289. The van der Waals surface area contributed by atoms with E-state index in [0.29, 0.717) is 5.13 Å². The van der Waals surface area contributed by atoms with E-state index in [0.717, 1.165) is 66.8 Å². The zero-order valence-corrected chi connectivity index (χ0v) is 19.7. The Balaban J connectivity index is 1.10. The second-order valence-electron chi connectivity index (χ2n) is 7.85. The van der Waals surface area contributed by atoms with E-state index < -0.39 is 0 Å². The third-order valence-corrected chi connectivity index (χ3v) is 7.48. The third kappa shape index (κ3) is 5.70. The summed E-state index contributed by atoms with van der Waals surface area (Å²) in [4.78, 5) is 30.1. The van der Waals surface area contributed by atoms with Crippen molar-refractivity contribution in [2.75, 3.05) is 41.3 Å². The van der Waals surface area contributed by atoms with Crippen molar-refractivity contribution in [1.29, 1.82) is 0 Å². The number of aryl methyl sites for hydroxylation is 1. The van der Waals surface area contributed by atoms with Crippen LogP contribution in [0.4, 0.5) is 21.4 Å². The number of hydrogen-bond acceptors (Lipinski definition) is 8. The van der Waals surface area contributed by atoms with E-state index in [1.165, 1.54) is 21.8 Å². The maximum Gasteiger partial charge on any atom is 0.325 e. The zero-order chi connectivity index (χ0) is 22.5. The molecule has 5 rings (SSSR count). The van der Waals surface area contributed by atoms with Crippen molar-refractivity contribution in [3.63, 3.8) is 0 Å². The van der Waals surface area contributed by atoms with Crippen molar-refractivity contribution in [1.82, 2.24) is 19.9 Å². The molecule has 0 saturated heterocycles. The molecule has 4 heterocycles. The van der Waals surface area contributed by atoms with Gasteiger partial charge < -0.3 is 10.6 Å². The van der Waals surface area contributed by atoms with Gasteiger partial charge in [-0.05, 0) is 17.7 Å². The maximum atomic E-state index is 12.4. The number of benzene rings is 1. The van der Waals surface area contributed by atoms with Gasteiger partial charge in [-0.3, -0.25) is 10.2 Å². The van der Waals surface area contributed by atoms with Crippen LogP contribution in [0.3, 0.4) is 0 Å². The van der Waals surface area contributed by atoms with Crippen LogP contribution < -0.4 is 16.0 Å². The van der Waals surface area contributed by atoms with Crippen molar-refractivity contribution in [3.05, 3.63) is 65.1 Å². The first kappa shape index (κ1) is 21.9. The van der Waals surface area contributed by atoms with Gasteiger partial charge in [0, 0.05) is 61.5 Å². The number of urea groups is 1. The molecule has 3 aromatic rings. The van der Waals surface area contributed by atoms with Gasteiger partial charge in [0.1, 0.15) is 12.1 Å². The van der Waals surface area contributed by atoms with Gasteiger partial charge in [-0.15, -0.1) is 23.1 Å². The van der Waals surface area contributed by atoms with Gasteiger partial charge in [0.25, 0.3) is 0 Å². The minimum Gasteiger partial charge on any atom is -0.369 e. The number of rotatable bonds is 8. The molecular weight excluding hydrogens is 454 g/mol. The van der Waals surface area contributed by atoms with E-state index in [-0.39, 0.29) is 6.03 Å². The summed E-state index contributed by atoms with van der Waals surface area (Å²) in [5.74, 6) is 1.97. The fourth-order valence-corrected chi connectivity index (χ4v) is 5.71. The van der Waals surface area contributed by atoms with Crippen LogP contribution in [0.1, 0.15) is 16.1 Å². The second kappa shape index (κ2) is 10.3. The molecule has 2 aromatic heterocycles. The molecule has 1 aromatic carbocycles. The third-order valence-electron chi connectivity index (χ3n) is 5.39. The fourth-order valence-electron chi connectivity index (χ4n) is 3.82. The SMILES string of the molecule is O=C(Nc1cccc(CN2CC=CC2)c1)Nc1ncc(CCNc2ncnc3c2SCC3)s1. The lowest BCUT2D eigenvalue weighted by atomic mass is 10.2. The Hall–Kier alpha value is -2.95. The number of carbonyl (C=O) groups excluding carboxylic acids is 1. The van der Waals surface area contributed by atoms with E-state index in [1.807, 2.05) is 24.4 Å². The standard InChI is InChI=1S/C23H25N7OS2/c31-22(28-17-5-3-4-16(12-17)14-30-9-1-2-10-30)29-23-25-13-18(33-23)6-8-24-21-20-19(7-11-32-20)26-15-27-21/h1-5,12-13,15H,6-11,14H2,(H,24,26,27)(H2,25,28,29,31). The Morgan fingerprint density at radius 3 is 2.94 bits per heavy atom. The molecule has 0 unspecified atom stereocenters. The first-order chi connectivity index (χ1) is 16.2. The van der Waals surface area contributed by atoms with E-state index in [4.69, 9.17) is 0 Å². The van der Waals surface area contributed by atoms with Crippen LogP contribution in [0, 0.1) is 0 Å². The largest absolute Gasteiger partial charge is 0.369 e. The second-order valence-corrected chi connectivity index (χ2v) is 10.1. The summed E-state index contributed by atoms with van der Waals surface area (Å²) >= 11 is 3.29. The van der Waals surface area contributed by atoms with Crippen LogP contribution >= 0.6 is 23.1 Å². The molecule has 33 heavy (non-hydrogen) atoms. The lowest BCUT2D eigenvalue weighted by Gasteiger charge is -2.15. The van der Waals surface area contributed by atoms with Crippen LogP contribution in [0.2, 0.25) is 0 Å². The molecule has 0 fully saturated rings. The van der Waals surface area contributed by atoms with Crippen LogP contribution in [0.5, 0.6) is 0 Å². The summed E-state index contributed by atoms with van der Waals surface area (Å²) in [6.45, 7) is 3.56. The fraction of sp³-hybridized carbons (Fsp3) is 0.304. The Bertz CT molecular complexity index is 1160. The molecule has 0 atom stereocenters. The molecule has 2 aliphatic rings. The number of nitrogens with zero attached hydrogens (tertiary/aromatic N) is 4. The van der Waals surface area contributed by atoms with Crippen LogP contribution in [-0.2, 0) is 19.4 Å². The van der Waals surface area contributed by atoms with E-state index in [1.54, 1.807) is 18.1 Å². The van der Waals surface area contributed by atoms with Gasteiger partial charge in [-0.25, -0.2) is 19.7 Å². The summed E-state index contributed by atoms with van der Waals surface area (Å²) in [5, 5.41) is 9.74. The molecule has 0 spiro atoms. The van der Waals surface area contributed by atoms with Gasteiger partial charge in [0.15, 0.2) is 5.13 Å². The number of amides is 2. The highest BCUT2D eigenvalue weighted by molar-refractivity contribution is 7.99. The number of thioether (sulfide) groups is 1. The van der Waals surface area contributed by atoms with Crippen molar-refractivity contribution in [2.24, 2.45) is 0 Å². The highest BCUT2D eigenvalue weighted by Gasteiger charge is 2.17. The molecular formula is C23H25N7OS2. The van der Waals surface area contributed by atoms with Crippen LogP contribution in [0.25, 0.3) is 0 Å². The van der Waals surface area contributed by atoms with Gasteiger partial charge in [-0.1, -0.05) is 24.3 Å². The Labute approximate surface area is 200 Å². The highest BCUT2D eigenvalue weighted by atomic mass is 32.2. The Morgan fingerprint density at radius 1 is 1.12 bits per heavy atom. The molecule has 170 valence electrons. The predicted octanol–water partition coefficient (Wildman–Crippen LogP) is 4.25. The van der Waals surface area contributed by atoms with Crippen molar-refractivity contribution in [2.45, 2.75) is 24.3 Å². The first-order valence-electron chi connectivity index (χ1n) is 10.9. The Kier molecular flexibility index (Phi) is 6.84. The van der Waals surface area contributed by atoms with Crippen molar-refractivity contribution < 1.29 is 4.79 Å². The van der Waals surface area contributed by atoms with Gasteiger partial charge >= 0.3 is 6.03 Å². The lowest BCUT2D eigenvalue weighted by molar-refractivity contribution is 0.262. The number of fused-ring (bicyclic) bond motifs is 1. The van der Waals surface area contributed by atoms with E-state index in [9.17, 15) is 4.79 Å². The van der Waals surface area contributed by atoms with Gasteiger partial charge in [-0.2, -0.15) is 0 Å². The zero-order valence-electron chi connectivity index (χ0n) is 18.1. The summed E-state index contributed by atoms with van der Waals surface area (Å²) < 4.78 is 0. The van der Waals surface area contributed by atoms with Crippen molar-refractivity contribution in [3.8, 4) is 0 Å². The number of hydrogen-bond donors (Lipinski definition) is 3. The van der Waals surface area contributed by atoms with Gasteiger partial charge in [0.2, 0.25) is 0 Å². The molecule has 0 bridgehead atoms. The average molecular weight is 480 g/mol. The number of aromatic nitrogens is 3. The number of carbonyl (C=O) groups is 1. The lowest BCUT2D eigenvalue weighted by Crippen LogP contribution is -2.20. The minimum absolute atomic E-state index is 0.289. The smallest absolute Gasteiger partial charge is 0.325 e. The molecule has 2 amide bonds. The van der Waals surface area contributed by atoms with Gasteiger partial charge in [0.05, 0.1) is 10.6 Å². The highest BCUT2D eigenvalue weighted by Crippen LogP contribution is 2.34. The quantitative estimate of drug-likeness (QED) is 0.416. The van der Waals surface area contributed by atoms with E-state index >= 15 is 0 Å². The molecule has 8 nitrogen and oxygen atoms in total. The summed E-state index contributed by atoms with van der Waals surface area (Å²) in [6, 6.07) is 7.67. The number of nitrogens with one attached hydrogen (secondary N) is 3. The topological polar surface area (TPSA) is 95.1 Å². The molecule has 2 aliphatic heterocycles. The molecule has 0 aliphatic carbocycles. The maximum absolute atomic E-state index is 12.4. The summed E-state index contributed by atoms with van der Waals surface area (Å²) in [5.41, 5.74) is 3.08. The number of thiazole rings is 1.